The maximum Gasteiger partial charge on any atom is 0.224 e. The summed E-state index contributed by atoms with van der Waals surface area (Å²) in [4.78, 5) is 16.7. The molecule has 1 N–H and O–H groups in total. The first-order valence-electron chi connectivity index (χ1n) is 8.22. The van der Waals surface area contributed by atoms with Crippen molar-refractivity contribution in [3.8, 4) is 0 Å². The van der Waals surface area contributed by atoms with Gasteiger partial charge in [-0.2, -0.15) is 0 Å². The number of furan rings is 1. The Morgan fingerprint density at radius 1 is 1.20 bits per heavy atom. The summed E-state index contributed by atoms with van der Waals surface area (Å²) < 4.78 is 5.08. The van der Waals surface area contributed by atoms with E-state index < -0.39 is 0 Å². The molecule has 4 nitrogen and oxygen atoms in total. The number of hydrogen-bond acceptors (Lipinski definition) is 3. The van der Waals surface area contributed by atoms with Gasteiger partial charge < -0.3 is 9.73 Å². The second-order valence-corrected chi connectivity index (χ2v) is 5.78. The average molecular weight is 332 g/mol. The molecular formula is C21H20N2O2. The molecule has 0 saturated heterocycles. The number of allylic oxidation sites excluding steroid dienone is 2. The Morgan fingerprint density at radius 2 is 2.08 bits per heavy atom. The van der Waals surface area contributed by atoms with Crippen LogP contribution in [0.2, 0.25) is 0 Å². The summed E-state index contributed by atoms with van der Waals surface area (Å²) >= 11 is 0. The van der Waals surface area contributed by atoms with Gasteiger partial charge in [-0.05, 0) is 31.0 Å². The molecule has 0 radical (unpaired) electrons. The molecule has 4 heteroatoms. The summed E-state index contributed by atoms with van der Waals surface area (Å²) in [5.41, 5.74) is 3.68. The number of para-hydroxylation sites is 1. The van der Waals surface area contributed by atoms with E-state index in [1.54, 1.807) is 18.7 Å². The van der Waals surface area contributed by atoms with E-state index in [1.807, 2.05) is 48.6 Å². The highest BCUT2D eigenvalue weighted by atomic mass is 16.3. The molecule has 0 fully saturated rings. The van der Waals surface area contributed by atoms with E-state index in [9.17, 15) is 4.79 Å². The number of benzene rings is 1. The normalized spacial score (nSPS) is 11.4. The number of aromatic nitrogens is 1. The number of anilines is 1. The van der Waals surface area contributed by atoms with Gasteiger partial charge >= 0.3 is 0 Å². The Labute approximate surface area is 146 Å². The van der Waals surface area contributed by atoms with Crippen molar-refractivity contribution in [3.05, 3.63) is 78.9 Å². The molecule has 25 heavy (non-hydrogen) atoms. The van der Waals surface area contributed by atoms with Crippen molar-refractivity contribution >= 4 is 28.6 Å². The van der Waals surface area contributed by atoms with E-state index in [0.29, 0.717) is 12.8 Å². The monoisotopic (exact) mass is 332 g/mol. The first-order chi connectivity index (χ1) is 12.3. The van der Waals surface area contributed by atoms with Gasteiger partial charge in [0.2, 0.25) is 5.91 Å². The van der Waals surface area contributed by atoms with Crippen LogP contribution in [0.4, 0.5) is 5.69 Å². The number of nitrogens with zero attached hydrogens (tertiary/aromatic N) is 1. The third kappa shape index (κ3) is 4.44. The minimum atomic E-state index is -0.0275. The largest absolute Gasteiger partial charge is 0.472 e. The molecule has 0 spiro atoms. The van der Waals surface area contributed by atoms with Gasteiger partial charge in [0.05, 0.1) is 23.7 Å². The molecule has 2 aromatic heterocycles. The van der Waals surface area contributed by atoms with Crippen molar-refractivity contribution < 1.29 is 9.21 Å². The smallest absolute Gasteiger partial charge is 0.224 e. The average Bonchev–Trinajstić information content (AvgIpc) is 3.13. The molecule has 3 aromatic rings. The van der Waals surface area contributed by atoms with Gasteiger partial charge in [0.15, 0.2) is 0 Å². The van der Waals surface area contributed by atoms with Crippen LogP contribution < -0.4 is 5.32 Å². The molecule has 1 aromatic carbocycles. The Kier molecular flexibility index (Phi) is 5.42. The highest BCUT2D eigenvalue weighted by molar-refractivity contribution is 6.00. The Morgan fingerprint density at radius 3 is 2.88 bits per heavy atom. The van der Waals surface area contributed by atoms with Crippen molar-refractivity contribution in [1.82, 2.24) is 4.98 Å². The summed E-state index contributed by atoms with van der Waals surface area (Å²) in [6, 6.07) is 11.5. The number of carbonyl (C=O) groups is 1. The Bertz CT molecular complexity index is 890. The van der Waals surface area contributed by atoms with Crippen LogP contribution in [0.15, 0.2) is 77.8 Å². The number of nitrogens with one attached hydrogen (secondary N) is 1. The number of rotatable bonds is 7. The highest BCUT2D eigenvalue weighted by Crippen LogP contribution is 2.22. The van der Waals surface area contributed by atoms with Gasteiger partial charge in [-0.15, -0.1) is 6.58 Å². The lowest BCUT2D eigenvalue weighted by Gasteiger charge is -2.09. The number of pyridine rings is 1. The van der Waals surface area contributed by atoms with Gasteiger partial charge in [-0.25, -0.2) is 0 Å². The molecule has 0 bridgehead atoms. The topological polar surface area (TPSA) is 55.1 Å². The minimum absolute atomic E-state index is 0.0275. The molecule has 1 amide bonds. The lowest BCUT2D eigenvalue weighted by atomic mass is 10.0. The molecule has 0 unspecified atom stereocenters. The van der Waals surface area contributed by atoms with Gasteiger partial charge in [-0.3, -0.25) is 9.78 Å². The second-order valence-electron chi connectivity index (χ2n) is 5.78. The number of fused-ring (bicyclic) bond motifs is 1. The maximum absolute atomic E-state index is 12.4. The second kappa shape index (κ2) is 8.11. The number of amides is 1. The molecule has 0 saturated carbocycles. The standard InChI is InChI=1S/C21H20N2O2/c1-2-5-16(14-17-11-13-25-15-17)9-10-20(24)23-19-8-3-6-18-7-4-12-22-21(18)19/h2-4,6-8,11-15H,1,5,9-10H2,(H,23,24). The van der Waals surface area contributed by atoms with E-state index in [-0.39, 0.29) is 5.91 Å². The van der Waals surface area contributed by atoms with Crippen LogP contribution in [-0.4, -0.2) is 10.9 Å². The van der Waals surface area contributed by atoms with Crippen molar-refractivity contribution in [3.63, 3.8) is 0 Å². The van der Waals surface area contributed by atoms with E-state index in [4.69, 9.17) is 4.42 Å². The van der Waals surface area contributed by atoms with Crippen molar-refractivity contribution in [2.75, 3.05) is 5.32 Å². The van der Waals surface area contributed by atoms with E-state index in [0.717, 1.165) is 34.1 Å². The van der Waals surface area contributed by atoms with Crippen LogP contribution in [0.25, 0.3) is 17.0 Å². The molecule has 3 rings (SSSR count). The molecule has 2 heterocycles. The molecule has 0 aliphatic rings. The van der Waals surface area contributed by atoms with Crippen LogP contribution in [-0.2, 0) is 4.79 Å². The molecule has 0 aliphatic heterocycles. The molecule has 0 atom stereocenters. The summed E-state index contributed by atoms with van der Waals surface area (Å²) in [6.45, 7) is 3.79. The quantitative estimate of drug-likeness (QED) is 0.605. The fourth-order valence-corrected chi connectivity index (χ4v) is 2.70. The fraction of sp³-hybridized carbons (Fsp3) is 0.143. The number of hydrogen-bond donors (Lipinski definition) is 1. The van der Waals surface area contributed by atoms with Crippen LogP contribution in [0.5, 0.6) is 0 Å². The fourth-order valence-electron chi connectivity index (χ4n) is 2.70. The zero-order valence-corrected chi connectivity index (χ0v) is 13.9. The Hall–Kier alpha value is -3.14. The lowest BCUT2D eigenvalue weighted by Crippen LogP contribution is -2.12. The summed E-state index contributed by atoms with van der Waals surface area (Å²) in [5.74, 6) is -0.0275. The van der Waals surface area contributed by atoms with Crippen molar-refractivity contribution in [2.45, 2.75) is 19.3 Å². The van der Waals surface area contributed by atoms with E-state index in [1.165, 1.54) is 0 Å². The van der Waals surface area contributed by atoms with Crippen LogP contribution >= 0.6 is 0 Å². The zero-order valence-electron chi connectivity index (χ0n) is 13.9. The van der Waals surface area contributed by atoms with Crippen molar-refractivity contribution in [1.29, 1.82) is 0 Å². The zero-order chi connectivity index (χ0) is 17.5. The van der Waals surface area contributed by atoms with Crippen LogP contribution in [0.1, 0.15) is 24.8 Å². The van der Waals surface area contributed by atoms with Gasteiger partial charge in [0.1, 0.15) is 0 Å². The predicted octanol–water partition coefficient (Wildman–Crippen LogP) is 5.21. The van der Waals surface area contributed by atoms with Gasteiger partial charge in [0, 0.05) is 23.6 Å². The van der Waals surface area contributed by atoms with Crippen LogP contribution in [0, 0.1) is 0 Å². The highest BCUT2D eigenvalue weighted by Gasteiger charge is 2.08. The van der Waals surface area contributed by atoms with Crippen LogP contribution in [0.3, 0.4) is 0 Å². The SMILES string of the molecule is C=CCC(=Cc1ccoc1)CCC(=O)Nc1cccc2cccnc12. The summed E-state index contributed by atoms with van der Waals surface area (Å²) in [6.07, 6.45) is 10.8. The number of carbonyl (C=O) groups excluding carboxylic acids is 1. The summed E-state index contributed by atoms with van der Waals surface area (Å²) in [7, 11) is 0. The first-order valence-corrected chi connectivity index (χ1v) is 8.22. The van der Waals surface area contributed by atoms with Gasteiger partial charge in [0.25, 0.3) is 0 Å². The molecule has 0 aliphatic carbocycles. The lowest BCUT2D eigenvalue weighted by molar-refractivity contribution is -0.116. The predicted molar refractivity (Wildman–Crippen MR) is 101 cm³/mol. The minimum Gasteiger partial charge on any atom is -0.472 e. The third-order valence-electron chi connectivity index (χ3n) is 3.90. The van der Waals surface area contributed by atoms with E-state index in [2.05, 4.69) is 16.9 Å². The maximum atomic E-state index is 12.4. The first kappa shape index (κ1) is 16.7. The summed E-state index contributed by atoms with van der Waals surface area (Å²) in [5, 5.41) is 3.98. The molecule has 126 valence electrons. The van der Waals surface area contributed by atoms with Gasteiger partial charge in [-0.1, -0.05) is 35.9 Å². The molecular weight excluding hydrogens is 312 g/mol. The van der Waals surface area contributed by atoms with E-state index >= 15 is 0 Å². The third-order valence-corrected chi connectivity index (χ3v) is 3.90. The van der Waals surface area contributed by atoms with Crippen molar-refractivity contribution in [2.24, 2.45) is 0 Å². The Balaban J connectivity index is 1.66.